The standard InChI is InChI=1S/C18H20FN3O2/c1-2-4-16-15(21-18(23)17-13-9-24-10-14(13)17)8-20-22(16)12-6-3-5-11(19)7-12/h3,5-8,13-14,17H,2,4,9-10H2,1H3,(H,21,23)/t13-,14+,17?. The highest BCUT2D eigenvalue weighted by Gasteiger charge is 2.58. The normalized spacial score (nSPS) is 24.7. The molecule has 1 unspecified atom stereocenters. The summed E-state index contributed by atoms with van der Waals surface area (Å²) in [6.07, 6.45) is 3.32. The minimum atomic E-state index is -0.304. The molecule has 2 heterocycles. The molecule has 3 atom stereocenters. The van der Waals surface area contributed by atoms with Crippen molar-refractivity contribution in [2.24, 2.45) is 17.8 Å². The van der Waals surface area contributed by atoms with Crippen LogP contribution in [0.1, 0.15) is 19.0 Å². The van der Waals surface area contributed by atoms with Crippen LogP contribution in [0.2, 0.25) is 0 Å². The number of nitrogens with one attached hydrogen (secondary N) is 1. The van der Waals surface area contributed by atoms with Crippen molar-refractivity contribution in [3.63, 3.8) is 0 Å². The molecule has 24 heavy (non-hydrogen) atoms. The van der Waals surface area contributed by atoms with Gasteiger partial charge in [-0.2, -0.15) is 5.10 Å². The lowest BCUT2D eigenvalue weighted by Gasteiger charge is -2.10. The molecule has 2 aliphatic rings. The van der Waals surface area contributed by atoms with Crippen molar-refractivity contribution in [3.05, 3.63) is 42.0 Å². The zero-order valence-electron chi connectivity index (χ0n) is 13.5. The lowest BCUT2D eigenvalue weighted by molar-refractivity contribution is -0.118. The third kappa shape index (κ3) is 2.60. The van der Waals surface area contributed by atoms with Crippen LogP contribution in [-0.4, -0.2) is 28.9 Å². The highest BCUT2D eigenvalue weighted by Crippen LogP contribution is 2.51. The molecule has 6 heteroatoms. The smallest absolute Gasteiger partial charge is 0.228 e. The summed E-state index contributed by atoms with van der Waals surface area (Å²) >= 11 is 0. The molecule has 1 saturated carbocycles. The van der Waals surface area contributed by atoms with Crippen LogP contribution in [-0.2, 0) is 16.0 Å². The lowest BCUT2D eigenvalue weighted by Crippen LogP contribution is -2.19. The Bertz CT molecular complexity index is 763. The highest BCUT2D eigenvalue weighted by atomic mass is 19.1. The van der Waals surface area contributed by atoms with E-state index in [0.717, 1.165) is 24.2 Å². The minimum Gasteiger partial charge on any atom is -0.381 e. The van der Waals surface area contributed by atoms with E-state index in [1.165, 1.54) is 12.1 Å². The zero-order chi connectivity index (χ0) is 16.7. The van der Waals surface area contributed by atoms with Gasteiger partial charge in [-0.1, -0.05) is 19.4 Å². The minimum absolute atomic E-state index is 0.0458. The fourth-order valence-corrected chi connectivity index (χ4v) is 3.63. The SMILES string of the molecule is CCCc1c(NC(=O)C2[C@H]3COC[C@@H]23)cnn1-c1cccc(F)c1. The fraction of sp³-hybridized carbons (Fsp3) is 0.444. The average Bonchev–Trinajstić information content (AvgIpc) is 2.90. The van der Waals surface area contributed by atoms with E-state index < -0.39 is 0 Å². The van der Waals surface area contributed by atoms with Gasteiger partial charge in [-0.05, 0) is 36.5 Å². The molecule has 1 aromatic heterocycles. The number of amides is 1. The third-order valence-electron chi connectivity index (χ3n) is 4.92. The number of carbonyl (C=O) groups excluding carboxylic acids is 1. The van der Waals surface area contributed by atoms with Crippen LogP contribution in [0, 0.1) is 23.6 Å². The summed E-state index contributed by atoms with van der Waals surface area (Å²) in [4.78, 5) is 12.5. The Kier molecular flexibility index (Phi) is 3.84. The van der Waals surface area contributed by atoms with Crippen LogP contribution in [0.5, 0.6) is 0 Å². The number of fused-ring (bicyclic) bond motifs is 1. The number of carbonyl (C=O) groups is 1. The Morgan fingerprint density at radius 3 is 2.92 bits per heavy atom. The first-order valence-corrected chi connectivity index (χ1v) is 8.40. The van der Waals surface area contributed by atoms with Gasteiger partial charge in [0.1, 0.15) is 5.82 Å². The molecular formula is C18H20FN3O2. The number of ether oxygens (including phenoxy) is 1. The van der Waals surface area contributed by atoms with Gasteiger partial charge in [0.15, 0.2) is 0 Å². The van der Waals surface area contributed by atoms with Crippen molar-refractivity contribution in [2.75, 3.05) is 18.5 Å². The van der Waals surface area contributed by atoms with Crippen LogP contribution in [0.25, 0.3) is 5.69 Å². The molecule has 1 N–H and O–H groups in total. The van der Waals surface area contributed by atoms with E-state index in [-0.39, 0.29) is 17.6 Å². The van der Waals surface area contributed by atoms with Crippen LogP contribution < -0.4 is 5.32 Å². The van der Waals surface area contributed by atoms with Crippen molar-refractivity contribution < 1.29 is 13.9 Å². The molecule has 1 aromatic carbocycles. The predicted molar refractivity (Wildman–Crippen MR) is 87.4 cm³/mol. The molecule has 5 nitrogen and oxygen atoms in total. The second-order valence-electron chi connectivity index (χ2n) is 6.53. The number of rotatable bonds is 5. The summed E-state index contributed by atoms with van der Waals surface area (Å²) in [5.74, 6) is 0.549. The topological polar surface area (TPSA) is 56.1 Å². The predicted octanol–water partition coefficient (Wildman–Crippen LogP) is 2.79. The first kappa shape index (κ1) is 15.3. The first-order valence-electron chi connectivity index (χ1n) is 8.40. The third-order valence-corrected chi connectivity index (χ3v) is 4.92. The Morgan fingerprint density at radius 1 is 1.42 bits per heavy atom. The summed E-state index contributed by atoms with van der Waals surface area (Å²) in [5, 5.41) is 7.38. The largest absolute Gasteiger partial charge is 0.381 e. The highest BCUT2D eigenvalue weighted by molar-refractivity contribution is 5.95. The second kappa shape index (κ2) is 6.02. The van der Waals surface area contributed by atoms with Gasteiger partial charge in [0, 0.05) is 5.92 Å². The first-order chi connectivity index (χ1) is 11.7. The Morgan fingerprint density at radius 2 is 2.21 bits per heavy atom. The van der Waals surface area contributed by atoms with Gasteiger partial charge >= 0.3 is 0 Å². The van der Waals surface area contributed by atoms with E-state index in [0.29, 0.717) is 30.7 Å². The van der Waals surface area contributed by atoms with Gasteiger partial charge in [-0.15, -0.1) is 0 Å². The van der Waals surface area contributed by atoms with Gasteiger partial charge < -0.3 is 10.1 Å². The van der Waals surface area contributed by atoms with Gasteiger partial charge in [0.2, 0.25) is 5.91 Å². The summed E-state index contributed by atoms with van der Waals surface area (Å²) < 4.78 is 20.6. The van der Waals surface area contributed by atoms with Gasteiger partial charge in [-0.25, -0.2) is 9.07 Å². The molecule has 1 aliphatic carbocycles. The number of nitrogens with zero attached hydrogens (tertiary/aromatic N) is 2. The molecule has 126 valence electrons. The molecule has 1 saturated heterocycles. The van der Waals surface area contributed by atoms with Crippen LogP contribution in [0.15, 0.2) is 30.5 Å². The molecule has 1 amide bonds. The molecule has 2 aromatic rings. The van der Waals surface area contributed by atoms with Gasteiger partial charge in [-0.3, -0.25) is 4.79 Å². The summed E-state index contributed by atoms with van der Waals surface area (Å²) in [5.41, 5.74) is 2.28. The number of hydrogen-bond donors (Lipinski definition) is 1. The molecule has 4 rings (SSSR count). The average molecular weight is 329 g/mol. The maximum absolute atomic E-state index is 13.5. The number of hydrogen-bond acceptors (Lipinski definition) is 3. The molecule has 0 radical (unpaired) electrons. The van der Waals surface area contributed by atoms with Gasteiger partial charge in [0.05, 0.1) is 36.5 Å². The zero-order valence-corrected chi connectivity index (χ0v) is 13.5. The van der Waals surface area contributed by atoms with E-state index in [1.807, 2.05) is 6.07 Å². The van der Waals surface area contributed by atoms with Crippen LogP contribution >= 0.6 is 0 Å². The van der Waals surface area contributed by atoms with E-state index in [2.05, 4.69) is 17.3 Å². The summed E-state index contributed by atoms with van der Waals surface area (Å²) in [7, 11) is 0. The van der Waals surface area contributed by atoms with Crippen LogP contribution in [0.3, 0.4) is 0 Å². The van der Waals surface area contributed by atoms with Gasteiger partial charge in [0.25, 0.3) is 0 Å². The lowest BCUT2D eigenvalue weighted by atomic mass is 10.2. The monoisotopic (exact) mass is 329 g/mol. The van der Waals surface area contributed by atoms with Crippen molar-refractivity contribution in [1.29, 1.82) is 0 Å². The van der Waals surface area contributed by atoms with E-state index >= 15 is 0 Å². The second-order valence-corrected chi connectivity index (χ2v) is 6.53. The number of halogens is 1. The number of aromatic nitrogens is 2. The molecular weight excluding hydrogens is 309 g/mol. The van der Waals surface area contributed by atoms with E-state index in [4.69, 9.17) is 4.74 Å². The quantitative estimate of drug-likeness (QED) is 0.918. The maximum Gasteiger partial charge on any atom is 0.228 e. The Hall–Kier alpha value is -2.21. The van der Waals surface area contributed by atoms with Crippen molar-refractivity contribution in [3.8, 4) is 5.69 Å². The fourth-order valence-electron chi connectivity index (χ4n) is 3.63. The molecule has 0 spiro atoms. The molecule has 2 fully saturated rings. The number of benzene rings is 1. The maximum atomic E-state index is 13.5. The van der Waals surface area contributed by atoms with Crippen molar-refractivity contribution in [2.45, 2.75) is 19.8 Å². The van der Waals surface area contributed by atoms with Crippen molar-refractivity contribution >= 4 is 11.6 Å². The Labute approximate surface area is 139 Å². The van der Waals surface area contributed by atoms with E-state index in [9.17, 15) is 9.18 Å². The van der Waals surface area contributed by atoms with E-state index in [1.54, 1.807) is 16.9 Å². The summed E-state index contributed by atoms with van der Waals surface area (Å²) in [6, 6.07) is 6.32. The van der Waals surface area contributed by atoms with Crippen LogP contribution in [0.4, 0.5) is 10.1 Å². The summed E-state index contributed by atoms with van der Waals surface area (Å²) in [6.45, 7) is 3.44. The number of anilines is 1. The molecule has 0 bridgehead atoms. The Balaban J connectivity index is 1.58. The molecule has 1 aliphatic heterocycles. The van der Waals surface area contributed by atoms with Crippen molar-refractivity contribution in [1.82, 2.24) is 9.78 Å².